The highest BCUT2D eigenvalue weighted by atomic mass is 32.2. The number of carbonyl (C=O) groups excluding carboxylic acids is 1. The summed E-state index contributed by atoms with van der Waals surface area (Å²) in [6.45, 7) is 7.38. The molecule has 0 spiro atoms. The van der Waals surface area contributed by atoms with Gasteiger partial charge in [-0.25, -0.2) is 28.2 Å². The van der Waals surface area contributed by atoms with Crippen LogP contribution in [0.25, 0.3) is 10.8 Å². The number of carbonyl (C=O) groups is 1. The molecule has 0 bridgehead atoms. The summed E-state index contributed by atoms with van der Waals surface area (Å²) in [7, 11) is -3.08. The SMILES string of the molecule is CC(C)(N)c1cnc(O[C@H]2C[C@@H](S(C)(=O)=O)C2)c2cnc(Nc3ccc4c(n3)C(C)(C)OC4=O)cc12. The van der Waals surface area contributed by atoms with Crippen molar-refractivity contribution in [1.82, 2.24) is 15.0 Å². The molecule has 10 nitrogen and oxygen atoms in total. The van der Waals surface area contributed by atoms with Crippen LogP contribution < -0.4 is 15.8 Å². The first-order chi connectivity index (χ1) is 16.7. The molecule has 0 aromatic carbocycles. The first kappa shape index (κ1) is 24.4. The van der Waals surface area contributed by atoms with Crippen molar-refractivity contribution in [2.75, 3.05) is 11.6 Å². The monoisotopic (exact) mass is 511 g/mol. The van der Waals surface area contributed by atoms with Crippen LogP contribution in [0.2, 0.25) is 0 Å². The smallest absolute Gasteiger partial charge is 0.341 e. The topological polar surface area (TPSA) is 146 Å². The molecule has 0 unspecified atom stereocenters. The molecule has 11 heteroatoms. The lowest BCUT2D eigenvalue weighted by molar-refractivity contribution is 0.00833. The fourth-order valence-electron chi connectivity index (χ4n) is 4.53. The third-order valence-electron chi connectivity index (χ3n) is 6.65. The maximum absolute atomic E-state index is 12.1. The lowest BCUT2D eigenvalue weighted by atomic mass is 9.92. The Labute approximate surface area is 209 Å². The highest BCUT2D eigenvalue weighted by Crippen LogP contribution is 2.37. The van der Waals surface area contributed by atoms with E-state index in [1.807, 2.05) is 19.9 Å². The average molecular weight is 512 g/mol. The van der Waals surface area contributed by atoms with Gasteiger partial charge in [0.15, 0.2) is 9.84 Å². The Morgan fingerprint density at radius 2 is 1.86 bits per heavy atom. The third kappa shape index (κ3) is 4.37. The van der Waals surface area contributed by atoms with E-state index in [2.05, 4.69) is 20.3 Å². The molecule has 3 aromatic heterocycles. The van der Waals surface area contributed by atoms with Gasteiger partial charge < -0.3 is 20.5 Å². The first-order valence-corrected chi connectivity index (χ1v) is 13.6. The van der Waals surface area contributed by atoms with E-state index in [4.69, 9.17) is 15.2 Å². The number of pyridine rings is 3. The Bertz CT molecular complexity index is 1490. The molecule has 3 aromatic rings. The lowest BCUT2D eigenvalue weighted by Gasteiger charge is -2.34. The van der Waals surface area contributed by atoms with Crippen molar-refractivity contribution in [3.8, 4) is 5.88 Å². The number of nitrogens with one attached hydrogen (secondary N) is 1. The van der Waals surface area contributed by atoms with E-state index in [0.29, 0.717) is 47.0 Å². The zero-order valence-corrected chi connectivity index (χ0v) is 21.6. The minimum absolute atomic E-state index is 0.223. The van der Waals surface area contributed by atoms with E-state index in [1.54, 1.807) is 38.4 Å². The number of ether oxygens (including phenoxy) is 2. The van der Waals surface area contributed by atoms with Gasteiger partial charge in [-0.1, -0.05) is 0 Å². The molecule has 3 N–H and O–H groups in total. The summed E-state index contributed by atoms with van der Waals surface area (Å²) in [4.78, 5) is 25.7. The number of aromatic nitrogens is 3. The predicted molar refractivity (Wildman–Crippen MR) is 135 cm³/mol. The number of nitrogens with two attached hydrogens (primary N) is 1. The molecular weight excluding hydrogens is 482 g/mol. The second kappa shape index (κ2) is 8.10. The number of hydrogen-bond donors (Lipinski definition) is 2. The summed E-state index contributed by atoms with van der Waals surface area (Å²) in [5, 5.41) is 4.32. The molecule has 0 amide bonds. The fraction of sp³-hybridized carbons (Fsp3) is 0.440. The fourth-order valence-corrected chi connectivity index (χ4v) is 5.65. The van der Waals surface area contributed by atoms with Gasteiger partial charge >= 0.3 is 5.97 Å². The number of sulfone groups is 1. The van der Waals surface area contributed by atoms with E-state index in [0.717, 1.165) is 10.9 Å². The number of nitrogens with zero attached hydrogens (tertiary/aromatic N) is 3. The lowest BCUT2D eigenvalue weighted by Crippen LogP contribution is -2.42. The second-order valence-electron chi connectivity index (χ2n) is 10.6. The second-order valence-corrected chi connectivity index (χ2v) is 12.9. The normalized spacial score (nSPS) is 21.0. The van der Waals surface area contributed by atoms with Crippen molar-refractivity contribution >= 4 is 38.2 Å². The third-order valence-corrected chi connectivity index (χ3v) is 8.25. The van der Waals surface area contributed by atoms with E-state index >= 15 is 0 Å². The number of fused-ring (bicyclic) bond motifs is 2. The van der Waals surface area contributed by atoms with Crippen LogP contribution in [0.1, 0.15) is 62.2 Å². The summed E-state index contributed by atoms with van der Waals surface area (Å²) in [5.74, 6) is 1.05. The molecule has 1 saturated carbocycles. The summed E-state index contributed by atoms with van der Waals surface area (Å²) in [5.41, 5.74) is 6.76. The Hall–Kier alpha value is -3.31. The van der Waals surface area contributed by atoms with E-state index in [1.165, 1.54) is 6.26 Å². The summed E-state index contributed by atoms with van der Waals surface area (Å²) in [6.07, 6.45) is 5.25. The van der Waals surface area contributed by atoms with Crippen LogP contribution >= 0.6 is 0 Å². The zero-order valence-electron chi connectivity index (χ0n) is 20.8. The van der Waals surface area contributed by atoms with Gasteiger partial charge in [0, 0.05) is 37.0 Å². The molecule has 36 heavy (non-hydrogen) atoms. The van der Waals surface area contributed by atoms with Gasteiger partial charge in [0.1, 0.15) is 29.0 Å². The quantitative estimate of drug-likeness (QED) is 0.472. The zero-order chi connectivity index (χ0) is 26.0. The Kier molecular flexibility index (Phi) is 5.49. The van der Waals surface area contributed by atoms with Crippen molar-refractivity contribution in [1.29, 1.82) is 0 Å². The molecule has 1 fully saturated rings. The number of cyclic esters (lactones) is 1. The minimum Gasteiger partial charge on any atom is -0.474 e. The van der Waals surface area contributed by atoms with Crippen LogP contribution in [0.5, 0.6) is 5.88 Å². The van der Waals surface area contributed by atoms with Gasteiger partial charge in [-0.05, 0) is 56.8 Å². The molecular formula is C25H29N5O5S. The standard InChI is InChI=1S/C25H29N5O5S/c1-24(2,26)18-12-28-22(34-13-8-14(9-13)36(5,32)33)17-11-27-20(10-16(17)18)29-19-7-6-15-21(30-19)25(3,4)35-23(15)31/h6-7,10-14H,8-9,26H2,1-5H3,(H,27,29,30)/t13-,14+. The van der Waals surface area contributed by atoms with Crippen LogP contribution in [0.15, 0.2) is 30.6 Å². The van der Waals surface area contributed by atoms with E-state index < -0.39 is 21.0 Å². The molecule has 190 valence electrons. The van der Waals surface area contributed by atoms with Gasteiger partial charge in [-0.3, -0.25) is 0 Å². The Morgan fingerprint density at radius 3 is 2.53 bits per heavy atom. The number of hydrogen-bond acceptors (Lipinski definition) is 10. The maximum Gasteiger partial charge on any atom is 0.341 e. The summed E-state index contributed by atoms with van der Waals surface area (Å²) >= 11 is 0. The summed E-state index contributed by atoms with van der Waals surface area (Å²) < 4.78 is 35.0. The van der Waals surface area contributed by atoms with E-state index in [9.17, 15) is 13.2 Å². The minimum atomic E-state index is -3.08. The van der Waals surface area contributed by atoms with Crippen LogP contribution in [0, 0.1) is 0 Å². The van der Waals surface area contributed by atoms with Crippen molar-refractivity contribution in [3.05, 3.63) is 47.4 Å². The molecule has 0 saturated heterocycles. The number of rotatable bonds is 6. The number of esters is 1. The molecule has 1 aliphatic heterocycles. The molecule has 5 rings (SSSR count). The molecule has 0 radical (unpaired) electrons. The molecule has 4 heterocycles. The van der Waals surface area contributed by atoms with Crippen molar-refractivity contribution in [3.63, 3.8) is 0 Å². The van der Waals surface area contributed by atoms with Gasteiger partial charge in [-0.15, -0.1) is 0 Å². The van der Waals surface area contributed by atoms with Crippen LogP contribution in [-0.4, -0.2) is 46.9 Å². The van der Waals surface area contributed by atoms with Gasteiger partial charge in [0.2, 0.25) is 5.88 Å². The van der Waals surface area contributed by atoms with Crippen LogP contribution in [-0.2, 0) is 25.7 Å². The van der Waals surface area contributed by atoms with Crippen LogP contribution in [0.3, 0.4) is 0 Å². The summed E-state index contributed by atoms with van der Waals surface area (Å²) in [6, 6.07) is 5.25. The van der Waals surface area contributed by atoms with Crippen molar-refractivity contribution in [2.24, 2.45) is 5.73 Å². The predicted octanol–water partition coefficient (Wildman–Crippen LogP) is 3.32. The largest absolute Gasteiger partial charge is 0.474 e. The molecule has 2 aliphatic rings. The van der Waals surface area contributed by atoms with Crippen molar-refractivity contribution in [2.45, 2.75) is 63.0 Å². The average Bonchev–Trinajstić information content (AvgIpc) is 2.96. The molecule has 1 aliphatic carbocycles. The highest BCUT2D eigenvalue weighted by Gasteiger charge is 2.40. The Balaban J connectivity index is 1.47. The van der Waals surface area contributed by atoms with Gasteiger partial charge in [-0.2, -0.15) is 0 Å². The van der Waals surface area contributed by atoms with E-state index in [-0.39, 0.29) is 17.3 Å². The first-order valence-electron chi connectivity index (χ1n) is 11.7. The highest BCUT2D eigenvalue weighted by molar-refractivity contribution is 7.91. The van der Waals surface area contributed by atoms with Gasteiger partial charge in [0.25, 0.3) is 0 Å². The van der Waals surface area contributed by atoms with Crippen LogP contribution in [0.4, 0.5) is 11.6 Å². The van der Waals surface area contributed by atoms with Gasteiger partial charge in [0.05, 0.1) is 16.2 Å². The maximum atomic E-state index is 12.1. The number of anilines is 2. The molecule has 0 atom stereocenters. The van der Waals surface area contributed by atoms with Crippen molar-refractivity contribution < 1.29 is 22.7 Å². The Morgan fingerprint density at radius 1 is 1.14 bits per heavy atom.